The summed E-state index contributed by atoms with van der Waals surface area (Å²) in [4.78, 5) is 17.5. The molecule has 1 aromatic carbocycles. The van der Waals surface area contributed by atoms with Gasteiger partial charge in [0.2, 0.25) is 5.95 Å². The zero-order chi connectivity index (χ0) is 20.2. The van der Waals surface area contributed by atoms with Crippen LogP contribution in [0.3, 0.4) is 0 Å². The van der Waals surface area contributed by atoms with E-state index in [1.807, 2.05) is 0 Å². The lowest BCUT2D eigenvalue weighted by atomic mass is 9.82. The Hall–Kier alpha value is -2.58. The number of rotatable bonds is 6. The van der Waals surface area contributed by atoms with Gasteiger partial charge in [-0.05, 0) is 62.3 Å². The van der Waals surface area contributed by atoms with Crippen LogP contribution in [0.2, 0.25) is 5.02 Å². The van der Waals surface area contributed by atoms with Crippen LogP contribution in [0.15, 0.2) is 30.7 Å². The number of hydrogen-bond donors (Lipinski definition) is 3. The van der Waals surface area contributed by atoms with Crippen LogP contribution in [0.5, 0.6) is 0 Å². The van der Waals surface area contributed by atoms with E-state index in [-0.39, 0.29) is 5.02 Å². The maximum atomic E-state index is 13.4. The van der Waals surface area contributed by atoms with Crippen molar-refractivity contribution in [2.75, 3.05) is 23.7 Å². The molecule has 2 heterocycles. The molecule has 0 spiro atoms. The third-order valence-electron chi connectivity index (χ3n) is 5.41. The topological polar surface area (TPSA) is 102 Å². The van der Waals surface area contributed by atoms with Crippen LogP contribution < -0.4 is 16.4 Å². The number of benzene rings is 1. The Bertz CT molecular complexity index is 992. The summed E-state index contributed by atoms with van der Waals surface area (Å²) in [6.07, 6.45) is 7.81. The van der Waals surface area contributed by atoms with E-state index in [0.29, 0.717) is 40.3 Å². The van der Waals surface area contributed by atoms with Crippen molar-refractivity contribution in [1.82, 2.24) is 19.9 Å². The van der Waals surface area contributed by atoms with Gasteiger partial charge in [-0.3, -0.25) is 0 Å². The number of aromatic nitrogens is 4. The summed E-state index contributed by atoms with van der Waals surface area (Å²) >= 11 is 5.87. The number of nitrogens with two attached hydrogens (primary N) is 1. The highest BCUT2D eigenvalue weighted by atomic mass is 35.5. The zero-order valence-corrected chi connectivity index (χ0v) is 16.7. The monoisotopic (exact) mass is 415 g/mol. The highest BCUT2D eigenvalue weighted by Crippen LogP contribution is 2.28. The van der Waals surface area contributed by atoms with E-state index in [1.165, 1.54) is 44.1 Å². The van der Waals surface area contributed by atoms with Crippen LogP contribution >= 0.6 is 11.6 Å². The zero-order valence-electron chi connectivity index (χ0n) is 15.9. The summed E-state index contributed by atoms with van der Waals surface area (Å²) < 4.78 is 13.4. The van der Waals surface area contributed by atoms with E-state index in [0.717, 1.165) is 13.1 Å². The fraction of sp³-hybridized carbons (Fsp3) is 0.400. The van der Waals surface area contributed by atoms with E-state index in [2.05, 4.69) is 30.6 Å². The maximum absolute atomic E-state index is 13.4. The first-order valence-corrected chi connectivity index (χ1v) is 10.1. The molecule has 0 bridgehead atoms. The van der Waals surface area contributed by atoms with Crippen LogP contribution in [0.25, 0.3) is 11.0 Å². The molecule has 4 rings (SSSR count). The standard InChI is InChI=1S/C20H23ClFN7/c21-15-7-14(5-6-16(15)22)28-19-18-17(26-11-27-19)10-25-20(29-18)24-9-13-3-1-12(8-23)2-4-13/h5-7,10-13H,1-4,8-9,23H2,(H,24,25,29)(H,26,27,28). The van der Waals surface area contributed by atoms with Crippen LogP contribution in [0, 0.1) is 17.7 Å². The third-order valence-corrected chi connectivity index (χ3v) is 5.70. The average Bonchev–Trinajstić information content (AvgIpc) is 2.75. The van der Waals surface area contributed by atoms with Gasteiger partial charge in [-0.25, -0.2) is 24.3 Å². The summed E-state index contributed by atoms with van der Waals surface area (Å²) in [7, 11) is 0. The summed E-state index contributed by atoms with van der Waals surface area (Å²) in [5.74, 6) is 1.83. The lowest BCUT2D eigenvalue weighted by Crippen LogP contribution is -2.25. The van der Waals surface area contributed by atoms with Crippen LogP contribution in [0.4, 0.5) is 21.8 Å². The molecule has 152 valence electrons. The predicted molar refractivity (Wildman–Crippen MR) is 113 cm³/mol. The lowest BCUT2D eigenvalue weighted by Gasteiger charge is -2.27. The normalized spacial score (nSPS) is 19.3. The summed E-state index contributed by atoms with van der Waals surface area (Å²) in [6.45, 7) is 1.61. The molecular formula is C20H23ClFN7. The SMILES string of the molecule is NCC1CCC(CNc2ncc3ncnc(Nc4ccc(F)c(Cl)c4)c3n2)CC1. The molecule has 0 unspecified atom stereocenters. The number of anilines is 3. The van der Waals surface area contributed by atoms with E-state index in [1.54, 1.807) is 12.3 Å². The Morgan fingerprint density at radius 2 is 1.90 bits per heavy atom. The van der Waals surface area contributed by atoms with Gasteiger partial charge in [0.05, 0.1) is 11.2 Å². The minimum Gasteiger partial charge on any atom is -0.354 e. The Labute approximate surface area is 173 Å². The first-order valence-electron chi connectivity index (χ1n) is 9.76. The van der Waals surface area contributed by atoms with Gasteiger partial charge >= 0.3 is 0 Å². The molecule has 7 nitrogen and oxygen atoms in total. The van der Waals surface area contributed by atoms with E-state index >= 15 is 0 Å². The van der Waals surface area contributed by atoms with E-state index < -0.39 is 5.82 Å². The van der Waals surface area contributed by atoms with Crippen molar-refractivity contribution in [1.29, 1.82) is 0 Å². The second kappa shape index (κ2) is 8.84. The van der Waals surface area contributed by atoms with Gasteiger partial charge in [-0.15, -0.1) is 0 Å². The van der Waals surface area contributed by atoms with Crippen molar-refractivity contribution in [2.45, 2.75) is 25.7 Å². The highest BCUT2D eigenvalue weighted by molar-refractivity contribution is 6.31. The summed E-state index contributed by atoms with van der Waals surface area (Å²) in [5, 5.41) is 6.50. The molecule has 1 saturated carbocycles. The quantitative estimate of drug-likeness (QED) is 0.556. The van der Waals surface area contributed by atoms with Gasteiger partial charge < -0.3 is 16.4 Å². The molecule has 0 saturated heterocycles. The van der Waals surface area contributed by atoms with Gasteiger partial charge in [0.1, 0.15) is 23.2 Å². The molecule has 1 aliphatic rings. The maximum Gasteiger partial charge on any atom is 0.223 e. The van der Waals surface area contributed by atoms with Crippen molar-refractivity contribution >= 4 is 40.1 Å². The minimum atomic E-state index is -0.473. The molecule has 1 fully saturated rings. The molecule has 0 amide bonds. The Morgan fingerprint density at radius 3 is 2.66 bits per heavy atom. The molecule has 1 aliphatic carbocycles. The number of hydrogen-bond acceptors (Lipinski definition) is 7. The van der Waals surface area contributed by atoms with Crippen molar-refractivity contribution in [2.24, 2.45) is 17.6 Å². The predicted octanol–water partition coefficient (Wildman–Crippen LogP) is 4.13. The van der Waals surface area contributed by atoms with Crippen molar-refractivity contribution < 1.29 is 4.39 Å². The third kappa shape index (κ3) is 4.71. The van der Waals surface area contributed by atoms with Gasteiger partial charge in [-0.2, -0.15) is 0 Å². The van der Waals surface area contributed by atoms with Crippen molar-refractivity contribution in [3.05, 3.63) is 41.6 Å². The molecule has 0 radical (unpaired) electrons. The Morgan fingerprint density at radius 1 is 1.10 bits per heavy atom. The van der Waals surface area contributed by atoms with Crippen molar-refractivity contribution in [3.63, 3.8) is 0 Å². The van der Waals surface area contributed by atoms with Gasteiger partial charge in [0.25, 0.3) is 0 Å². The van der Waals surface area contributed by atoms with Gasteiger partial charge in [0.15, 0.2) is 5.82 Å². The first-order chi connectivity index (χ1) is 14.1. The molecule has 2 aromatic heterocycles. The van der Waals surface area contributed by atoms with E-state index in [4.69, 9.17) is 17.3 Å². The largest absolute Gasteiger partial charge is 0.354 e. The van der Waals surface area contributed by atoms with Crippen LogP contribution in [0.1, 0.15) is 25.7 Å². The first kappa shape index (κ1) is 19.7. The van der Waals surface area contributed by atoms with Gasteiger partial charge in [0, 0.05) is 12.2 Å². The molecular weight excluding hydrogens is 393 g/mol. The van der Waals surface area contributed by atoms with Crippen LogP contribution in [-0.2, 0) is 0 Å². The molecule has 9 heteroatoms. The number of nitrogens with one attached hydrogen (secondary N) is 2. The average molecular weight is 416 g/mol. The van der Waals surface area contributed by atoms with Gasteiger partial charge in [-0.1, -0.05) is 11.6 Å². The molecule has 0 atom stereocenters. The molecule has 29 heavy (non-hydrogen) atoms. The second-order valence-electron chi connectivity index (χ2n) is 7.41. The molecule has 0 aliphatic heterocycles. The highest BCUT2D eigenvalue weighted by Gasteiger charge is 2.20. The lowest BCUT2D eigenvalue weighted by molar-refractivity contribution is 0.289. The smallest absolute Gasteiger partial charge is 0.223 e. The fourth-order valence-corrected chi connectivity index (χ4v) is 3.83. The summed E-state index contributed by atoms with van der Waals surface area (Å²) in [5.41, 5.74) is 7.58. The minimum absolute atomic E-state index is 0.0368. The molecule has 3 aromatic rings. The molecule has 4 N–H and O–H groups in total. The number of fused-ring (bicyclic) bond motifs is 1. The summed E-state index contributed by atoms with van der Waals surface area (Å²) in [6, 6.07) is 4.39. The second-order valence-corrected chi connectivity index (χ2v) is 7.81. The number of halogens is 2. The van der Waals surface area contributed by atoms with Crippen LogP contribution in [-0.4, -0.2) is 33.0 Å². The Balaban J connectivity index is 1.49. The van der Waals surface area contributed by atoms with Crippen molar-refractivity contribution in [3.8, 4) is 0 Å². The Kier molecular flexibility index (Phi) is 6.01. The number of nitrogens with zero attached hydrogens (tertiary/aromatic N) is 4. The van der Waals surface area contributed by atoms with E-state index in [9.17, 15) is 4.39 Å². The fourth-order valence-electron chi connectivity index (χ4n) is 3.65.